The molecule has 4 rings (SSSR count). The second-order valence-corrected chi connectivity index (χ2v) is 7.16. The number of hydrogen-bond donors (Lipinski definition) is 0. The molecule has 29 heavy (non-hydrogen) atoms. The molecular weight excluding hydrogens is 392 g/mol. The van der Waals surface area contributed by atoms with Gasteiger partial charge in [-0.15, -0.1) is 5.10 Å². The number of nitrogens with zero attached hydrogens (tertiary/aromatic N) is 6. The van der Waals surface area contributed by atoms with Crippen molar-refractivity contribution >= 4 is 22.6 Å². The van der Waals surface area contributed by atoms with Gasteiger partial charge in [0, 0.05) is 11.6 Å². The Bertz CT molecular complexity index is 1280. The van der Waals surface area contributed by atoms with Crippen molar-refractivity contribution in [1.82, 2.24) is 29.3 Å². The van der Waals surface area contributed by atoms with E-state index in [1.54, 1.807) is 22.9 Å². The SMILES string of the molecule is CCCn1nnnc1Cn1c(=O)c(=O)n(Cc2ccccc2)c2ccc(Cl)cc21. The molecule has 0 saturated carbocycles. The molecule has 0 N–H and O–H groups in total. The van der Waals surface area contributed by atoms with Crippen LogP contribution in [0.5, 0.6) is 0 Å². The molecule has 4 aromatic rings. The Kier molecular flexibility index (Phi) is 5.26. The quantitative estimate of drug-likeness (QED) is 0.455. The number of fused-ring (bicyclic) bond motifs is 1. The van der Waals surface area contributed by atoms with E-state index in [0.29, 0.717) is 35.0 Å². The van der Waals surface area contributed by atoms with Crippen molar-refractivity contribution in [3.8, 4) is 0 Å². The molecule has 2 aromatic carbocycles. The number of hydrogen-bond acceptors (Lipinski definition) is 5. The molecule has 0 bridgehead atoms. The summed E-state index contributed by atoms with van der Waals surface area (Å²) in [5.74, 6) is 0.510. The Morgan fingerprint density at radius 1 is 0.931 bits per heavy atom. The Morgan fingerprint density at radius 3 is 2.38 bits per heavy atom. The van der Waals surface area contributed by atoms with Gasteiger partial charge in [-0.3, -0.25) is 18.7 Å². The maximum atomic E-state index is 13.0. The van der Waals surface area contributed by atoms with Gasteiger partial charge in [-0.2, -0.15) is 0 Å². The average molecular weight is 411 g/mol. The second-order valence-electron chi connectivity index (χ2n) is 6.72. The van der Waals surface area contributed by atoms with Crippen molar-refractivity contribution in [2.75, 3.05) is 0 Å². The van der Waals surface area contributed by atoms with E-state index in [9.17, 15) is 9.59 Å². The summed E-state index contributed by atoms with van der Waals surface area (Å²) in [5, 5.41) is 12.2. The van der Waals surface area contributed by atoms with Crippen LogP contribution < -0.4 is 11.1 Å². The molecule has 0 aliphatic rings. The van der Waals surface area contributed by atoms with Gasteiger partial charge < -0.3 is 0 Å². The maximum Gasteiger partial charge on any atom is 0.317 e. The molecule has 0 aliphatic carbocycles. The summed E-state index contributed by atoms with van der Waals surface area (Å²) in [4.78, 5) is 26.0. The Labute approximate surface area is 171 Å². The molecule has 0 radical (unpaired) electrons. The minimum atomic E-state index is -0.637. The van der Waals surface area contributed by atoms with Crippen LogP contribution in [0.1, 0.15) is 24.7 Å². The van der Waals surface area contributed by atoms with E-state index in [4.69, 9.17) is 11.6 Å². The summed E-state index contributed by atoms with van der Waals surface area (Å²) < 4.78 is 4.51. The molecular formula is C20H19ClN6O2. The van der Waals surface area contributed by atoms with E-state index in [2.05, 4.69) is 15.5 Å². The second kappa shape index (κ2) is 8.00. The molecule has 9 heteroatoms. The highest BCUT2D eigenvalue weighted by Gasteiger charge is 2.16. The zero-order valence-corrected chi connectivity index (χ0v) is 16.6. The highest BCUT2D eigenvalue weighted by atomic mass is 35.5. The smallest absolute Gasteiger partial charge is 0.298 e. The molecule has 148 valence electrons. The van der Waals surface area contributed by atoms with E-state index < -0.39 is 11.1 Å². The lowest BCUT2D eigenvalue weighted by Crippen LogP contribution is -2.42. The summed E-state index contributed by atoms with van der Waals surface area (Å²) in [7, 11) is 0. The summed E-state index contributed by atoms with van der Waals surface area (Å²) >= 11 is 6.21. The van der Waals surface area contributed by atoms with Gasteiger partial charge in [-0.05, 0) is 40.6 Å². The third-order valence-electron chi connectivity index (χ3n) is 4.72. The van der Waals surface area contributed by atoms with Crippen molar-refractivity contribution in [3.05, 3.63) is 85.6 Å². The first kappa shape index (κ1) is 19.1. The third kappa shape index (κ3) is 3.71. The van der Waals surface area contributed by atoms with Crippen molar-refractivity contribution in [3.63, 3.8) is 0 Å². The van der Waals surface area contributed by atoms with E-state index in [-0.39, 0.29) is 6.54 Å². The van der Waals surface area contributed by atoms with Gasteiger partial charge >= 0.3 is 11.1 Å². The van der Waals surface area contributed by atoms with Crippen LogP contribution in [0.4, 0.5) is 0 Å². The van der Waals surface area contributed by atoms with Gasteiger partial charge in [0.2, 0.25) is 0 Å². The van der Waals surface area contributed by atoms with Gasteiger partial charge in [-0.25, -0.2) is 4.68 Å². The number of aromatic nitrogens is 6. The zero-order valence-electron chi connectivity index (χ0n) is 15.8. The standard InChI is InChI=1S/C20H19ClN6O2/c1-2-10-27-18(22-23-24-27)13-26-17-11-15(21)8-9-16(17)25(19(28)20(26)29)12-14-6-4-3-5-7-14/h3-9,11H,2,10,12-13H2,1H3. The zero-order chi connectivity index (χ0) is 20.4. The molecule has 0 amide bonds. The minimum Gasteiger partial charge on any atom is -0.298 e. The lowest BCUT2D eigenvalue weighted by molar-refractivity contribution is 0.541. The van der Waals surface area contributed by atoms with E-state index in [0.717, 1.165) is 12.0 Å². The van der Waals surface area contributed by atoms with Crippen LogP contribution in [0.25, 0.3) is 11.0 Å². The van der Waals surface area contributed by atoms with Gasteiger partial charge in [0.1, 0.15) is 0 Å². The monoisotopic (exact) mass is 410 g/mol. The van der Waals surface area contributed by atoms with Crippen molar-refractivity contribution in [2.24, 2.45) is 0 Å². The van der Waals surface area contributed by atoms with E-state index >= 15 is 0 Å². The average Bonchev–Trinajstić information content (AvgIpc) is 3.16. The number of rotatable bonds is 6. The number of benzene rings is 2. The van der Waals surface area contributed by atoms with Crippen LogP contribution in [0, 0.1) is 0 Å². The molecule has 0 spiro atoms. The van der Waals surface area contributed by atoms with E-state index in [1.807, 2.05) is 37.3 Å². The lowest BCUT2D eigenvalue weighted by atomic mass is 10.2. The van der Waals surface area contributed by atoms with Crippen LogP contribution >= 0.6 is 11.6 Å². The van der Waals surface area contributed by atoms with Gasteiger partial charge in [0.15, 0.2) is 5.82 Å². The van der Waals surface area contributed by atoms with Gasteiger partial charge in [0.05, 0.1) is 24.1 Å². The third-order valence-corrected chi connectivity index (χ3v) is 4.95. The molecule has 2 heterocycles. The summed E-state index contributed by atoms with van der Waals surface area (Å²) in [5.41, 5.74) is 0.872. The molecule has 8 nitrogen and oxygen atoms in total. The van der Waals surface area contributed by atoms with Crippen LogP contribution in [-0.4, -0.2) is 29.3 Å². The fourth-order valence-corrected chi connectivity index (χ4v) is 3.50. The normalized spacial score (nSPS) is 11.2. The predicted octanol–water partition coefficient (Wildman–Crippen LogP) is 2.31. The topological polar surface area (TPSA) is 87.6 Å². The fraction of sp³-hybridized carbons (Fsp3) is 0.250. The van der Waals surface area contributed by atoms with Crippen LogP contribution in [0.15, 0.2) is 58.1 Å². The molecule has 0 unspecified atom stereocenters. The number of halogens is 1. The van der Waals surface area contributed by atoms with Crippen LogP contribution in [0.2, 0.25) is 5.02 Å². The molecule has 0 fully saturated rings. The van der Waals surface area contributed by atoms with Crippen molar-refractivity contribution < 1.29 is 0 Å². The first-order valence-corrected chi connectivity index (χ1v) is 9.68. The molecule has 0 saturated heterocycles. The molecule has 2 aromatic heterocycles. The van der Waals surface area contributed by atoms with Crippen molar-refractivity contribution in [1.29, 1.82) is 0 Å². The number of aryl methyl sites for hydroxylation is 1. The lowest BCUT2D eigenvalue weighted by Gasteiger charge is -2.15. The van der Waals surface area contributed by atoms with E-state index in [1.165, 1.54) is 9.13 Å². The minimum absolute atomic E-state index is 0.0874. The highest BCUT2D eigenvalue weighted by molar-refractivity contribution is 6.31. The number of tetrazole rings is 1. The largest absolute Gasteiger partial charge is 0.317 e. The van der Waals surface area contributed by atoms with Crippen LogP contribution in [-0.2, 0) is 19.6 Å². The Balaban J connectivity index is 1.90. The maximum absolute atomic E-state index is 13.0. The molecule has 0 atom stereocenters. The highest BCUT2D eigenvalue weighted by Crippen LogP contribution is 2.19. The Morgan fingerprint density at radius 2 is 1.66 bits per heavy atom. The van der Waals surface area contributed by atoms with Gasteiger partial charge in [-0.1, -0.05) is 48.9 Å². The van der Waals surface area contributed by atoms with Crippen LogP contribution in [0.3, 0.4) is 0 Å². The first-order valence-electron chi connectivity index (χ1n) is 9.30. The predicted molar refractivity (Wildman–Crippen MR) is 110 cm³/mol. The summed E-state index contributed by atoms with van der Waals surface area (Å²) in [6.07, 6.45) is 0.845. The van der Waals surface area contributed by atoms with Crippen molar-refractivity contribution in [2.45, 2.75) is 33.0 Å². The summed E-state index contributed by atoms with van der Waals surface area (Å²) in [6, 6.07) is 14.7. The van der Waals surface area contributed by atoms with Gasteiger partial charge in [0.25, 0.3) is 0 Å². The summed E-state index contributed by atoms with van der Waals surface area (Å²) in [6.45, 7) is 3.02. The first-order chi connectivity index (χ1) is 14.1. The fourth-order valence-electron chi connectivity index (χ4n) is 3.33. The Hall–Kier alpha value is -3.26. The molecule has 0 aliphatic heterocycles.